The minimum atomic E-state index is -0.476. The first kappa shape index (κ1) is 20.6. The quantitative estimate of drug-likeness (QED) is 0.350. The van der Waals surface area contributed by atoms with Gasteiger partial charge >= 0.3 is 0 Å². The predicted molar refractivity (Wildman–Crippen MR) is 99.8 cm³/mol. The first-order chi connectivity index (χ1) is 11.3. The van der Waals surface area contributed by atoms with Gasteiger partial charge < -0.3 is 9.47 Å². The van der Waals surface area contributed by atoms with Crippen molar-refractivity contribution in [2.24, 2.45) is 5.41 Å². The Balaban J connectivity index is 2.67. The van der Waals surface area contributed by atoms with Gasteiger partial charge in [0, 0.05) is 14.2 Å². The van der Waals surface area contributed by atoms with E-state index in [-0.39, 0.29) is 17.6 Å². The summed E-state index contributed by atoms with van der Waals surface area (Å²) in [4.78, 5) is 11.8. The van der Waals surface area contributed by atoms with Crippen molar-refractivity contribution in [1.29, 1.82) is 0 Å². The van der Waals surface area contributed by atoms with Crippen LogP contribution in [0.4, 0.5) is 0 Å². The van der Waals surface area contributed by atoms with Gasteiger partial charge in [0.2, 0.25) is 0 Å². The van der Waals surface area contributed by atoms with Gasteiger partial charge in [-0.05, 0) is 50.2 Å². The number of carbonyl (C=O) groups excluding carboxylic acids is 1. The molecule has 3 nitrogen and oxygen atoms in total. The normalized spacial score (nSPS) is 19.0. The Hall–Kier alpha value is -1.45. The van der Waals surface area contributed by atoms with E-state index in [1.165, 1.54) is 44.6 Å². The Labute approximate surface area is 147 Å². The van der Waals surface area contributed by atoms with Crippen LogP contribution in [0.25, 0.3) is 0 Å². The van der Waals surface area contributed by atoms with Gasteiger partial charge in [0.05, 0.1) is 6.42 Å². The van der Waals surface area contributed by atoms with Crippen molar-refractivity contribution in [3.8, 4) is 0 Å². The number of carbonyl (C=O) groups is 1. The zero-order valence-corrected chi connectivity index (χ0v) is 16.0. The Morgan fingerprint density at radius 2 is 1.92 bits per heavy atom. The second-order valence-electron chi connectivity index (χ2n) is 7.11. The maximum absolute atomic E-state index is 11.8. The smallest absolute Gasteiger partial charge is 0.164 e. The second kappa shape index (κ2) is 9.75. The molecule has 0 radical (unpaired) electrons. The summed E-state index contributed by atoms with van der Waals surface area (Å²) in [6.45, 7) is 8.91. The van der Waals surface area contributed by atoms with Crippen LogP contribution in [0.2, 0.25) is 0 Å². The first-order valence-corrected chi connectivity index (χ1v) is 8.62. The second-order valence-corrected chi connectivity index (χ2v) is 7.11. The highest BCUT2D eigenvalue weighted by molar-refractivity contribution is 5.90. The van der Waals surface area contributed by atoms with Crippen molar-refractivity contribution in [2.45, 2.75) is 59.7 Å². The number of hydrogen-bond donors (Lipinski definition) is 0. The minimum absolute atomic E-state index is 0.0105. The fourth-order valence-corrected chi connectivity index (χ4v) is 3.08. The van der Waals surface area contributed by atoms with E-state index >= 15 is 0 Å². The molecule has 1 rings (SSSR count). The van der Waals surface area contributed by atoms with Crippen molar-refractivity contribution in [3.05, 3.63) is 47.1 Å². The molecule has 24 heavy (non-hydrogen) atoms. The number of allylic oxidation sites excluding steroid dienone is 8. The van der Waals surface area contributed by atoms with Gasteiger partial charge in [-0.2, -0.15) is 0 Å². The number of rotatable bonds is 8. The molecule has 1 aliphatic rings. The van der Waals surface area contributed by atoms with Gasteiger partial charge in [0.1, 0.15) is 0 Å². The highest BCUT2D eigenvalue weighted by Gasteiger charge is 2.26. The highest BCUT2D eigenvalue weighted by atomic mass is 16.7. The summed E-state index contributed by atoms with van der Waals surface area (Å²) in [5.74, 6) is -0.0105. The van der Waals surface area contributed by atoms with E-state index in [4.69, 9.17) is 9.47 Å². The van der Waals surface area contributed by atoms with Gasteiger partial charge in [-0.3, -0.25) is 4.79 Å². The number of ether oxygens (including phenoxy) is 2. The van der Waals surface area contributed by atoms with Crippen LogP contribution in [0.5, 0.6) is 0 Å². The molecule has 1 aliphatic carbocycles. The summed E-state index contributed by atoms with van der Waals surface area (Å²) in [6.07, 6.45) is 13.1. The summed E-state index contributed by atoms with van der Waals surface area (Å²) in [5.41, 5.74) is 4.31. The fraction of sp³-hybridized carbons (Fsp3) is 0.571. The van der Waals surface area contributed by atoms with Crippen molar-refractivity contribution < 1.29 is 14.3 Å². The monoisotopic (exact) mass is 332 g/mol. The zero-order valence-electron chi connectivity index (χ0n) is 16.0. The molecule has 0 aromatic carbocycles. The largest absolute Gasteiger partial charge is 0.355 e. The van der Waals surface area contributed by atoms with Crippen LogP contribution in [-0.4, -0.2) is 26.3 Å². The van der Waals surface area contributed by atoms with E-state index < -0.39 is 6.29 Å². The van der Waals surface area contributed by atoms with Gasteiger partial charge in [-0.15, -0.1) is 0 Å². The topological polar surface area (TPSA) is 35.5 Å². The fourth-order valence-electron chi connectivity index (χ4n) is 3.08. The average Bonchev–Trinajstić information content (AvgIpc) is 2.51. The van der Waals surface area contributed by atoms with Crippen LogP contribution in [0.15, 0.2) is 47.1 Å². The van der Waals surface area contributed by atoms with Gasteiger partial charge in [0.25, 0.3) is 0 Å². The molecule has 0 saturated carbocycles. The lowest BCUT2D eigenvalue weighted by molar-refractivity contribution is -0.133. The van der Waals surface area contributed by atoms with Crippen LogP contribution in [0.1, 0.15) is 53.4 Å². The summed E-state index contributed by atoms with van der Waals surface area (Å²) >= 11 is 0. The zero-order chi connectivity index (χ0) is 18.2. The molecular weight excluding hydrogens is 300 g/mol. The third kappa shape index (κ3) is 6.58. The lowest BCUT2D eigenvalue weighted by Gasteiger charge is -2.32. The number of ketones is 1. The maximum atomic E-state index is 11.8. The lowest BCUT2D eigenvalue weighted by Crippen LogP contribution is -2.19. The molecule has 0 amide bonds. The van der Waals surface area contributed by atoms with Crippen molar-refractivity contribution in [2.75, 3.05) is 14.2 Å². The van der Waals surface area contributed by atoms with Gasteiger partial charge in [0.15, 0.2) is 12.1 Å². The van der Waals surface area contributed by atoms with Crippen molar-refractivity contribution >= 4 is 5.78 Å². The lowest BCUT2D eigenvalue weighted by atomic mass is 9.72. The molecule has 0 bridgehead atoms. The van der Waals surface area contributed by atoms with Crippen molar-refractivity contribution in [1.82, 2.24) is 0 Å². The third-order valence-corrected chi connectivity index (χ3v) is 4.59. The van der Waals surface area contributed by atoms with E-state index in [0.29, 0.717) is 0 Å². The molecule has 0 spiro atoms. The molecule has 0 fully saturated rings. The Kier molecular flexibility index (Phi) is 8.37. The van der Waals surface area contributed by atoms with Crippen molar-refractivity contribution in [3.63, 3.8) is 0 Å². The average molecular weight is 332 g/mol. The van der Waals surface area contributed by atoms with E-state index in [9.17, 15) is 4.79 Å². The molecule has 3 heteroatoms. The van der Waals surface area contributed by atoms with Gasteiger partial charge in [-0.25, -0.2) is 0 Å². The molecule has 0 N–H and O–H groups in total. The Morgan fingerprint density at radius 3 is 2.50 bits per heavy atom. The van der Waals surface area contributed by atoms with E-state index in [1.54, 1.807) is 12.2 Å². The molecule has 0 aliphatic heterocycles. The Bertz CT molecular complexity index is 543. The van der Waals surface area contributed by atoms with E-state index in [0.717, 1.165) is 5.57 Å². The molecular formula is C21H32O3. The minimum Gasteiger partial charge on any atom is -0.355 e. The third-order valence-electron chi connectivity index (χ3n) is 4.59. The van der Waals surface area contributed by atoms with Crippen LogP contribution in [-0.2, 0) is 14.3 Å². The molecule has 0 aromatic rings. The molecule has 0 heterocycles. The van der Waals surface area contributed by atoms with Crippen LogP contribution in [0.3, 0.4) is 0 Å². The molecule has 0 aromatic heterocycles. The summed E-state index contributed by atoms with van der Waals surface area (Å²) in [5, 5.41) is 0. The first-order valence-electron chi connectivity index (χ1n) is 8.62. The summed E-state index contributed by atoms with van der Waals surface area (Å²) in [7, 11) is 3.06. The SMILES string of the molecule is COC(CC(=O)/C=C/C=C(C)/C=C/C1=C(C)CCCC1(C)C)OC. The molecule has 0 atom stereocenters. The number of methoxy groups -OCH3 is 2. The Morgan fingerprint density at radius 1 is 1.25 bits per heavy atom. The van der Waals surface area contributed by atoms with Crippen LogP contribution in [0, 0.1) is 5.41 Å². The number of hydrogen-bond acceptors (Lipinski definition) is 3. The maximum Gasteiger partial charge on any atom is 0.164 e. The summed E-state index contributed by atoms with van der Waals surface area (Å²) in [6, 6.07) is 0. The summed E-state index contributed by atoms with van der Waals surface area (Å²) < 4.78 is 10.0. The van der Waals surface area contributed by atoms with Crippen LogP contribution < -0.4 is 0 Å². The molecule has 0 unspecified atom stereocenters. The molecule has 0 saturated heterocycles. The van der Waals surface area contributed by atoms with Gasteiger partial charge in [-0.1, -0.05) is 49.3 Å². The highest BCUT2D eigenvalue weighted by Crippen LogP contribution is 2.40. The predicted octanol–water partition coefficient (Wildman–Crippen LogP) is 5.15. The van der Waals surface area contributed by atoms with E-state index in [2.05, 4.69) is 32.9 Å². The molecule has 134 valence electrons. The standard InChI is InChI=1S/C21H32O3/c1-16(9-7-11-18(22)15-20(23-5)24-6)12-13-19-17(2)10-8-14-21(19,3)4/h7,9,11-13,20H,8,10,14-15H2,1-6H3/b11-7+,13-12+,16-9+. The van der Waals surface area contributed by atoms with Crippen LogP contribution >= 0.6 is 0 Å². The van der Waals surface area contributed by atoms with E-state index in [1.807, 2.05) is 13.0 Å².